The summed E-state index contributed by atoms with van der Waals surface area (Å²) in [6.45, 7) is 7.39. The zero-order chi connectivity index (χ0) is 16.3. The van der Waals surface area contributed by atoms with Crippen LogP contribution >= 0.6 is 0 Å². The van der Waals surface area contributed by atoms with Crippen LogP contribution in [0.1, 0.15) is 55.1 Å². The molecule has 0 aliphatic carbocycles. The number of halogens is 3. The van der Waals surface area contributed by atoms with E-state index in [-0.39, 0.29) is 5.78 Å². The molecule has 118 valence electrons. The summed E-state index contributed by atoms with van der Waals surface area (Å²) < 4.78 is 43.7. The number of rotatable bonds is 6. The van der Waals surface area contributed by atoms with E-state index in [4.69, 9.17) is 4.74 Å². The molecule has 0 atom stereocenters. The van der Waals surface area contributed by atoms with Crippen LogP contribution in [-0.4, -0.2) is 18.0 Å². The predicted molar refractivity (Wildman–Crippen MR) is 75.5 cm³/mol. The van der Waals surface area contributed by atoms with Crippen molar-refractivity contribution in [2.75, 3.05) is 6.61 Å². The minimum absolute atomic E-state index is 0.249. The summed E-state index contributed by atoms with van der Waals surface area (Å²) >= 11 is 0. The molecule has 21 heavy (non-hydrogen) atoms. The second kappa shape index (κ2) is 6.60. The Morgan fingerprint density at radius 1 is 1.14 bits per heavy atom. The van der Waals surface area contributed by atoms with E-state index in [9.17, 15) is 18.0 Å². The Hall–Kier alpha value is -1.36. The fourth-order valence-electron chi connectivity index (χ4n) is 2.46. The molecule has 0 aromatic heterocycles. The van der Waals surface area contributed by atoms with E-state index < -0.39 is 17.3 Å². The lowest BCUT2D eigenvalue weighted by atomic mass is 9.85. The third kappa shape index (κ3) is 3.64. The molecule has 0 heterocycles. The van der Waals surface area contributed by atoms with E-state index in [1.165, 1.54) is 13.0 Å². The van der Waals surface area contributed by atoms with Crippen LogP contribution in [-0.2, 0) is 10.9 Å². The SMILES string of the molecule is CCOC(CC)(CC)C(=O)c1ccc(C(F)(F)F)cc1C. The highest BCUT2D eigenvalue weighted by atomic mass is 19.4. The van der Waals surface area contributed by atoms with E-state index in [1.54, 1.807) is 6.92 Å². The summed E-state index contributed by atoms with van der Waals surface area (Å²) in [7, 11) is 0. The van der Waals surface area contributed by atoms with Gasteiger partial charge in [-0.25, -0.2) is 0 Å². The van der Waals surface area contributed by atoms with Crippen LogP contribution in [0.3, 0.4) is 0 Å². The Morgan fingerprint density at radius 3 is 2.10 bits per heavy atom. The van der Waals surface area contributed by atoms with Crippen molar-refractivity contribution in [3.8, 4) is 0 Å². The van der Waals surface area contributed by atoms with Crippen molar-refractivity contribution in [3.63, 3.8) is 0 Å². The first-order chi connectivity index (χ1) is 9.71. The number of benzene rings is 1. The maximum atomic E-state index is 12.7. The average molecular weight is 302 g/mol. The number of ketones is 1. The Labute approximate surface area is 123 Å². The van der Waals surface area contributed by atoms with Crippen molar-refractivity contribution < 1.29 is 22.7 Å². The molecule has 0 saturated carbocycles. The number of hydrogen-bond donors (Lipinski definition) is 0. The Balaban J connectivity index is 3.24. The van der Waals surface area contributed by atoms with Crippen LogP contribution in [0.2, 0.25) is 0 Å². The van der Waals surface area contributed by atoms with Crippen LogP contribution in [0.25, 0.3) is 0 Å². The number of carbonyl (C=O) groups excluding carboxylic acids is 1. The molecule has 0 radical (unpaired) electrons. The molecule has 2 nitrogen and oxygen atoms in total. The van der Waals surface area contributed by atoms with Gasteiger partial charge < -0.3 is 4.74 Å². The van der Waals surface area contributed by atoms with Gasteiger partial charge in [0.25, 0.3) is 0 Å². The van der Waals surface area contributed by atoms with Gasteiger partial charge in [0.05, 0.1) is 5.56 Å². The van der Waals surface area contributed by atoms with E-state index in [2.05, 4.69) is 0 Å². The summed E-state index contributed by atoms with van der Waals surface area (Å²) in [5, 5.41) is 0. The molecule has 0 aliphatic rings. The number of aryl methyl sites for hydroxylation is 1. The van der Waals surface area contributed by atoms with Crippen molar-refractivity contribution >= 4 is 5.78 Å². The highest BCUT2D eigenvalue weighted by molar-refractivity contribution is 6.03. The number of alkyl halides is 3. The molecular formula is C16H21F3O2. The third-order valence-corrected chi connectivity index (χ3v) is 3.78. The fourth-order valence-corrected chi connectivity index (χ4v) is 2.46. The lowest BCUT2D eigenvalue weighted by molar-refractivity contribution is -0.137. The van der Waals surface area contributed by atoms with Gasteiger partial charge in [0, 0.05) is 12.2 Å². The zero-order valence-electron chi connectivity index (χ0n) is 12.8. The topological polar surface area (TPSA) is 26.3 Å². The number of ether oxygens (including phenoxy) is 1. The second-order valence-corrected chi connectivity index (χ2v) is 4.99. The van der Waals surface area contributed by atoms with Crippen molar-refractivity contribution in [2.24, 2.45) is 0 Å². The highest BCUT2D eigenvalue weighted by Crippen LogP contribution is 2.32. The predicted octanol–water partition coefficient (Wildman–Crippen LogP) is 4.79. The number of Topliss-reactive ketones (excluding diaryl/α,β-unsaturated/α-hetero) is 1. The normalized spacial score (nSPS) is 12.5. The molecule has 0 fully saturated rings. The molecule has 0 N–H and O–H groups in total. The maximum Gasteiger partial charge on any atom is 0.416 e. The zero-order valence-corrected chi connectivity index (χ0v) is 12.8. The van der Waals surface area contributed by atoms with Crippen molar-refractivity contribution in [1.82, 2.24) is 0 Å². The molecular weight excluding hydrogens is 281 g/mol. The first-order valence-corrected chi connectivity index (χ1v) is 7.08. The van der Waals surface area contributed by atoms with E-state index >= 15 is 0 Å². The van der Waals surface area contributed by atoms with Crippen molar-refractivity contribution in [1.29, 1.82) is 0 Å². The van der Waals surface area contributed by atoms with Crippen LogP contribution in [0.5, 0.6) is 0 Å². The average Bonchev–Trinajstić information content (AvgIpc) is 2.43. The fraction of sp³-hybridized carbons (Fsp3) is 0.562. The largest absolute Gasteiger partial charge is 0.416 e. The summed E-state index contributed by atoms with van der Waals surface area (Å²) in [5.74, 6) is -0.249. The Bertz CT molecular complexity index is 503. The van der Waals surface area contributed by atoms with Crippen LogP contribution in [0.4, 0.5) is 13.2 Å². The maximum absolute atomic E-state index is 12.7. The highest BCUT2D eigenvalue weighted by Gasteiger charge is 2.38. The minimum atomic E-state index is -4.40. The van der Waals surface area contributed by atoms with Gasteiger partial charge in [0.15, 0.2) is 5.78 Å². The van der Waals surface area contributed by atoms with Gasteiger partial charge in [0.2, 0.25) is 0 Å². The first kappa shape index (κ1) is 17.7. The number of hydrogen-bond acceptors (Lipinski definition) is 2. The van der Waals surface area contributed by atoms with Gasteiger partial charge in [-0.15, -0.1) is 0 Å². The van der Waals surface area contributed by atoms with Crippen molar-refractivity contribution in [3.05, 3.63) is 34.9 Å². The molecule has 1 aromatic carbocycles. The molecule has 0 unspecified atom stereocenters. The quantitative estimate of drug-likeness (QED) is 0.706. The van der Waals surface area contributed by atoms with E-state index in [0.717, 1.165) is 12.1 Å². The molecule has 0 saturated heterocycles. The summed E-state index contributed by atoms with van der Waals surface area (Å²) in [5.41, 5.74) is -1.09. The molecule has 1 rings (SSSR count). The summed E-state index contributed by atoms with van der Waals surface area (Å²) in [6, 6.07) is 3.21. The summed E-state index contributed by atoms with van der Waals surface area (Å²) in [6.07, 6.45) is -3.44. The van der Waals surface area contributed by atoms with Crippen molar-refractivity contribution in [2.45, 2.75) is 52.3 Å². The first-order valence-electron chi connectivity index (χ1n) is 7.08. The smallest absolute Gasteiger partial charge is 0.367 e. The Kier molecular flexibility index (Phi) is 5.56. The molecule has 5 heteroatoms. The van der Waals surface area contributed by atoms with Gasteiger partial charge in [-0.05, 0) is 44.4 Å². The van der Waals surface area contributed by atoms with Gasteiger partial charge in [-0.2, -0.15) is 13.2 Å². The van der Waals surface area contributed by atoms with Gasteiger partial charge in [0.1, 0.15) is 5.60 Å². The van der Waals surface area contributed by atoms with Crippen LogP contribution in [0.15, 0.2) is 18.2 Å². The molecule has 1 aromatic rings. The standard InChI is InChI=1S/C16H21F3O2/c1-5-15(6-2,21-7-3)14(20)13-9-8-12(10-11(13)4)16(17,18)19/h8-10H,5-7H2,1-4H3. The molecule has 0 spiro atoms. The van der Waals surface area contributed by atoms with Crippen LogP contribution in [0, 0.1) is 6.92 Å². The van der Waals surface area contributed by atoms with Gasteiger partial charge >= 0.3 is 6.18 Å². The number of carbonyl (C=O) groups is 1. The lowest BCUT2D eigenvalue weighted by Gasteiger charge is -2.30. The van der Waals surface area contributed by atoms with Gasteiger partial charge in [-0.1, -0.05) is 19.9 Å². The Morgan fingerprint density at radius 2 is 1.71 bits per heavy atom. The second-order valence-electron chi connectivity index (χ2n) is 4.99. The summed E-state index contributed by atoms with van der Waals surface area (Å²) in [4.78, 5) is 12.7. The van der Waals surface area contributed by atoms with E-state index in [0.29, 0.717) is 30.6 Å². The van der Waals surface area contributed by atoms with E-state index in [1.807, 2.05) is 13.8 Å². The minimum Gasteiger partial charge on any atom is -0.367 e. The monoisotopic (exact) mass is 302 g/mol. The lowest BCUT2D eigenvalue weighted by Crippen LogP contribution is -2.41. The molecule has 0 aliphatic heterocycles. The molecule has 0 amide bonds. The van der Waals surface area contributed by atoms with Gasteiger partial charge in [-0.3, -0.25) is 4.79 Å². The molecule has 0 bridgehead atoms. The third-order valence-electron chi connectivity index (χ3n) is 3.78. The van der Waals surface area contributed by atoms with Crippen LogP contribution < -0.4 is 0 Å².